The van der Waals surface area contributed by atoms with Gasteiger partial charge < -0.3 is 10.2 Å². The second-order valence-electron chi connectivity index (χ2n) is 5.50. The van der Waals surface area contributed by atoms with E-state index < -0.39 is 0 Å². The molecule has 3 rings (SSSR count). The van der Waals surface area contributed by atoms with E-state index in [0.717, 1.165) is 42.6 Å². The molecule has 0 radical (unpaired) electrons. The van der Waals surface area contributed by atoms with Crippen LogP contribution in [-0.4, -0.2) is 31.1 Å². The lowest BCUT2D eigenvalue weighted by Gasteiger charge is -2.22. The normalized spacial score (nSPS) is 14.3. The minimum absolute atomic E-state index is 0.883. The van der Waals surface area contributed by atoms with Crippen LogP contribution in [-0.2, 0) is 12.8 Å². The molecule has 22 heavy (non-hydrogen) atoms. The van der Waals surface area contributed by atoms with Crippen LogP contribution >= 0.6 is 11.3 Å². The maximum Gasteiger partial charge on any atom is 0.198 e. The van der Waals surface area contributed by atoms with Crippen LogP contribution in [0.5, 0.6) is 0 Å². The van der Waals surface area contributed by atoms with E-state index in [1.165, 1.54) is 16.1 Å². The molecule has 2 heterocycles. The van der Waals surface area contributed by atoms with E-state index in [-0.39, 0.29) is 0 Å². The van der Waals surface area contributed by atoms with Crippen LogP contribution in [0.1, 0.15) is 21.1 Å². The van der Waals surface area contributed by atoms with Crippen molar-refractivity contribution in [1.82, 2.24) is 10.3 Å². The zero-order chi connectivity index (χ0) is 15.5. The summed E-state index contributed by atoms with van der Waals surface area (Å²) in [5.41, 5.74) is 3.84. The molecule has 1 aromatic carbocycles. The summed E-state index contributed by atoms with van der Waals surface area (Å²) < 4.78 is 0. The lowest BCUT2D eigenvalue weighted by atomic mass is 10.2. The molecule has 0 aliphatic carbocycles. The summed E-state index contributed by atoms with van der Waals surface area (Å²) in [6.07, 6.45) is 2.08. The number of aromatic nitrogens is 1. The van der Waals surface area contributed by atoms with E-state index in [2.05, 4.69) is 58.3 Å². The third-order valence-electron chi connectivity index (χ3n) is 3.99. The Morgan fingerprint density at radius 1 is 1.36 bits per heavy atom. The van der Waals surface area contributed by atoms with E-state index in [1.807, 2.05) is 7.05 Å². The van der Waals surface area contributed by atoms with Crippen molar-refractivity contribution < 1.29 is 0 Å². The van der Waals surface area contributed by atoms with Gasteiger partial charge in [-0.05, 0) is 31.9 Å². The van der Waals surface area contributed by atoms with Gasteiger partial charge >= 0.3 is 0 Å². The van der Waals surface area contributed by atoms with Crippen molar-refractivity contribution in [1.29, 1.82) is 0 Å². The number of anilines is 1. The number of benzene rings is 1. The molecule has 0 unspecified atom stereocenters. The monoisotopic (exact) mass is 314 g/mol. The second kappa shape index (κ2) is 6.48. The van der Waals surface area contributed by atoms with Crippen LogP contribution in [0.15, 0.2) is 29.3 Å². The van der Waals surface area contributed by atoms with E-state index in [1.54, 1.807) is 11.3 Å². The average molecular weight is 314 g/mol. The van der Waals surface area contributed by atoms with Gasteiger partial charge in [0.1, 0.15) is 0 Å². The summed E-state index contributed by atoms with van der Waals surface area (Å²) in [6.45, 7) is 6.03. The first-order valence-corrected chi connectivity index (χ1v) is 8.49. The first-order chi connectivity index (χ1) is 10.7. The molecule has 0 saturated heterocycles. The number of thiazole rings is 1. The number of nitrogens with one attached hydrogen (secondary N) is 1. The molecule has 0 fully saturated rings. The number of para-hydroxylation sites is 1. The summed E-state index contributed by atoms with van der Waals surface area (Å²) in [5, 5.41) is 4.64. The van der Waals surface area contributed by atoms with E-state index in [9.17, 15) is 0 Å². The summed E-state index contributed by atoms with van der Waals surface area (Å²) in [6, 6.07) is 8.57. The number of nitrogens with zero attached hydrogens (tertiary/aromatic N) is 3. The number of rotatable bonds is 3. The predicted octanol–water partition coefficient (Wildman–Crippen LogP) is 2.94. The third-order valence-corrected chi connectivity index (χ3v) is 5.12. The summed E-state index contributed by atoms with van der Waals surface area (Å²) in [7, 11) is 1.85. The minimum atomic E-state index is 0.883. The van der Waals surface area contributed by atoms with E-state index in [4.69, 9.17) is 0 Å². The Morgan fingerprint density at radius 2 is 2.18 bits per heavy atom. The zero-order valence-corrected chi connectivity index (χ0v) is 14.2. The van der Waals surface area contributed by atoms with Crippen molar-refractivity contribution in [3.05, 3.63) is 45.4 Å². The van der Waals surface area contributed by atoms with Crippen molar-refractivity contribution in [3.8, 4) is 0 Å². The Morgan fingerprint density at radius 3 is 2.91 bits per heavy atom. The molecule has 0 spiro atoms. The number of fused-ring (bicyclic) bond motifs is 1. The molecule has 1 aliphatic rings. The van der Waals surface area contributed by atoms with Crippen LogP contribution in [0.2, 0.25) is 0 Å². The molecule has 1 aliphatic heterocycles. The van der Waals surface area contributed by atoms with Gasteiger partial charge in [-0.1, -0.05) is 18.2 Å². The molecule has 4 nitrogen and oxygen atoms in total. The number of guanidine groups is 1. The minimum Gasteiger partial charge on any atom is -0.356 e. The Kier molecular flexibility index (Phi) is 4.43. The Labute approximate surface area is 135 Å². The van der Waals surface area contributed by atoms with Crippen molar-refractivity contribution in [2.24, 2.45) is 4.99 Å². The average Bonchev–Trinajstić information content (AvgIpc) is 3.07. The van der Waals surface area contributed by atoms with Gasteiger partial charge in [0, 0.05) is 37.1 Å². The van der Waals surface area contributed by atoms with Crippen LogP contribution in [0.4, 0.5) is 5.69 Å². The van der Waals surface area contributed by atoms with Crippen molar-refractivity contribution in [3.63, 3.8) is 0 Å². The largest absolute Gasteiger partial charge is 0.356 e. The summed E-state index contributed by atoms with van der Waals surface area (Å²) in [4.78, 5) is 12.6. The van der Waals surface area contributed by atoms with Gasteiger partial charge in [0.25, 0.3) is 0 Å². The topological polar surface area (TPSA) is 40.5 Å². The summed E-state index contributed by atoms with van der Waals surface area (Å²) in [5.74, 6) is 0.962. The molecule has 0 bridgehead atoms. The highest BCUT2D eigenvalue weighted by Gasteiger charge is 2.22. The lowest BCUT2D eigenvalue weighted by Crippen LogP contribution is -2.41. The second-order valence-corrected chi connectivity index (χ2v) is 6.78. The lowest BCUT2D eigenvalue weighted by molar-refractivity contribution is 0.839. The summed E-state index contributed by atoms with van der Waals surface area (Å²) >= 11 is 1.79. The number of hydrogen-bond donors (Lipinski definition) is 1. The van der Waals surface area contributed by atoms with Gasteiger partial charge in [-0.3, -0.25) is 4.99 Å². The maximum absolute atomic E-state index is 4.49. The van der Waals surface area contributed by atoms with Gasteiger partial charge in [-0.25, -0.2) is 4.98 Å². The zero-order valence-electron chi connectivity index (χ0n) is 13.4. The Bertz CT molecular complexity index is 690. The Hall–Kier alpha value is -1.88. The smallest absolute Gasteiger partial charge is 0.198 e. The van der Waals surface area contributed by atoms with Crippen LogP contribution in [0.25, 0.3) is 0 Å². The van der Waals surface area contributed by atoms with E-state index >= 15 is 0 Å². The van der Waals surface area contributed by atoms with Gasteiger partial charge in [-0.15, -0.1) is 11.3 Å². The fourth-order valence-electron chi connectivity index (χ4n) is 2.95. The molecule has 1 N–H and O–H groups in total. The highest BCUT2D eigenvalue weighted by atomic mass is 32.1. The Balaban J connectivity index is 1.63. The molecule has 0 saturated carbocycles. The van der Waals surface area contributed by atoms with Crippen molar-refractivity contribution in [2.45, 2.75) is 26.7 Å². The predicted molar refractivity (Wildman–Crippen MR) is 94.1 cm³/mol. The fraction of sp³-hybridized carbons (Fsp3) is 0.412. The highest BCUT2D eigenvalue weighted by molar-refractivity contribution is 7.11. The molecule has 0 atom stereocenters. The quantitative estimate of drug-likeness (QED) is 0.699. The number of aryl methyl sites for hydroxylation is 2. The van der Waals surface area contributed by atoms with Crippen LogP contribution in [0, 0.1) is 13.8 Å². The number of hydrogen-bond acceptors (Lipinski definition) is 3. The maximum atomic E-state index is 4.49. The standard InChI is InChI=1S/C17H22N4S/c1-12-16(22-13(2)20-12)8-10-19-17(18-3)21-11-9-14-6-4-5-7-15(14)21/h4-7H,8-11H2,1-3H3,(H,18,19). The molecular weight excluding hydrogens is 292 g/mol. The molecule has 0 amide bonds. The van der Waals surface area contributed by atoms with Gasteiger partial charge in [-0.2, -0.15) is 0 Å². The van der Waals surface area contributed by atoms with Crippen molar-refractivity contribution in [2.75, 3.05) is 25.0 Å². The van der Waals surface area contributed by atoms with Gasteiger partial charge in [0.15, 0.2) is 5.96 Å². The SMILES string of the molecule is CN=C(NCCc1sc(C)nc1C)N1CCc2ccccc21. The first kappa shape index (κ1) is 15.0. The van der Waals surface area contributed by atoms with Gasteiger partial charge in [0.2, 0.25) is 0 Å². The number of aliphatic imine (C=N–C) groups is 1. The van der Waals surface area contributed by atoms with Crippen molar-refractivity contribution >= 4 is 23.0 Å². The van der Waals surface area contributed by atoms with Gasteiger partial charge in [0.05, 0.1) is 10.7 Å². The van der Waals surface area contributed by atoms with Crippen LogP contribution in [0.3, 0.4) is 0 Å². The molecule has 1 aromatic heterocycles. The van der Waals surface area contributed by atoms with E-state index in [0.29, 0.717) is 0 Å². The third kappa shape index (κ3) is 2.99. The molecule has 5 heteroatoms. The first-order valence-electron chi connectivity index (χ1n) is 7.68. The molecular formula is C17H22N4S. The highest BCUT2D eigenvalue weighted by Crippen LogP contribution is 2.27. The fourth-order valence-corrected chi connectivity index (χ4v) is 3.88. The van der Waals surface area contributed by atoms with Crippen LogP contribution < -0.4 is 10.2 Å². The molecule has 116 valence electrons. The molecule has 2 aromatic rings.